The maximum atomic E-state index is 12.5. The standard InChI is InChI=1S/C12H23ClN2O2S/c13-7-6-12-5-4-10-15(11-12)18(16,17)14-8-2-1-3-9-14/h12H,1-11H2. The minimum Gasteiger partial charge on any atom is -0.195 e. The molecule has 0 bridgehead atoms. The molecule has 0 aromatic carbocycles. The van der Waals surface area contributed by atoms with Crippen molar-refractivity contribution in [3.05, 3.63) is 0 Å². The second kappa shape index (κ2) is 6.55. The molecule has 4 nitrogen and oxygen atoms in total. The van der Waals surface area contributed by atoms with E-state index in [-0.39, 0.29) is 0 Å². The van der Waals surface area contributed by atoms with Crippen LogP contribution in [0.4, 0.5) is 0 Å². The van der Waals surface area contributed by atoms with Crippen LogP contribution in [0.3, 0.4) is 0 Å². The molecule has 2 aliphatic heterocycles. The third kappa shape index (κ3) is 3.38. The summed E-state index contributed by atoms with van der Waals surface area (Å²) in [5.74, 6) is 1.07. The van der Waals surface area contributed by atoms with Gasteiger partial charge >= 0.3 is 0 Å². The zero-order valence-corrected chi connectivity index (χ0v) is 12.4. The van der Waals surface area contributed by atoms with Gasteiger partial charge in [0.1, 0.15) is 0 Å². The van der Waals surface area contributed by atoms with Crippen molar-refractivity contribution >= 4 is 21.8 Å². The van der Waals surface area contributed by atoms with Crippen LogP contribution in [0.5, 0.6) is 0 Å². The van der Waals surface area contributed by atoms with Gasteiger partial charge in [0, 0.05) is 32.1 Å². The Bertz CT molecular complexity index is 353. The Morgan fingerprint density at radius 1 is 1.00 bits per heavy atom. The van der Waals surface area contributed by atoms with Crippen LogP contribution < -0.4 is 0 Å². The van der Waals surface area contributed by atoms with Crippen LogP contribution in [0, 0.1) is 5.92 Å². The third-order valence-corrected chi connectivity index (χ3v) is 6.19. The Kier molecular flexibility index (Phi) is 5.30. The van der Waals surface area contributed by atoms with Crippen molar-refractivity contribution in [2.45, 2.75) is 38.5 Å². The average Bonchev–Trinajstić information content (AvgIpc) is 2.40. The number of hydrogen-bond acceptors (Lipinski definition) is 2. The van der Waals surface area contributed by atoms with Crippen LogP contribution in [0.1, 0.15) is 38.5 Å². The number of hydrogen-bond donors (Lipinski definition) is 0. The van der Waals surface area contributed by atoms with Gasteiger partial charge in [0.25, 0.3) is 10.2 Å². The Hall–Kier alpha value is 0.160. The summed E-state index contributed by atoms with van der Waals surface area (Å²) in [6.45, 7) is 2.72. The van der Waals surface area contributed by atoms with Crippen LogP contribution in [-0.2, 0) is 10.2 Å². The lowest BCUT2D eigenvalue weighted by molar-refractivity contribution is 0.235. The molecule has 18 heavy (non-hydrogen) atoms. The highest BCUT2D eigenvalue weighted by Crippen LogP contribution is 2.25. The largest absolute Gasteiger partial charge is 0.281 e. The first kappa shape index (κ1) is 14.6. The molecule has 2 fully saturated rings. The molecule has 0 spiro atoms. The summed E-state index contributed by atoms with van der Waals surface area (Å²) in [5, 5.41) is 0. The summed E-state index contributed by atoms with van der Waals surface area (Å²) >= 11 is 5.77. The lowest BCUT2D eigenvalue weighted by Gasteiger charge is -2.36. The van der Waals surface area contributed by atoms with E-state index in [1.54, 1.807) is 8.61 Å². The molecule has 6 heteroatoms. The second-order valence-corrected chi connectivity index (χ2v) is 7.62. The lowest BCUT2D eigenvalue weighted by Crippen LogP contribution is -2.49. The summed E-state index contributed by atoms with van der Waals surface area (Å²) < 4.78 is 28.4. The van der Waals surface area contributed by atoms with Crippen molar-refractivity contribution in [2.24, 2.45) is 5.92 Å². The van der Waals surface area contributed by atoms with E-state index in [4.69, 9.17) is 11.6 Å². The van der Waals surface area contributed by atoms with Gasteiger partial charge in [-0.15, -0.1) is 11.6 Å². The first-order valence-corrected chi connectivity index (χ1v) is 8.89. The van der Waals surface area contributed by atoms with Gasteiger partial charge in [-0.05, 0) is 38.0 Å². The van der Waals surface area contributed by atoms with Crippen LogP contribution in [0.25, 0.3) is 0 Å². The Morgan fingerprint density at radius 3 is 2.33 bits per heavy atom. The number of halogens is 1. The maximum absolute atomic E-state index is 12.5. The predicted octanol–water partition coefficient (Wildman–Crippen LogP) is 2.06. The quantitative estimate of drug-likeness (QED) is 0.745. The van der Waals surface area contributed by atoms with E-state index >= 15 is 0 Å². The Labute approximate surface area is 115 Å². The average molecular weight is 295 g/mol. The fourth-order valence-electron chi connectivity index (χ4n) is 2.89. The summed E-state index contributed by atoms with van der Waals surface area (Å²) in [6, 6.07) is 0. The van der Waals surface area contributed by atoms with Crippen molar-refractivity contribution in [1.82, 2.24) is 8.61 Å². The highest BCUT2D eigenvalue weighted by Gasteiger charge is 2.33. The van der Waals surface area contributed by atoms with Crippen LogP contribution in [0.2, 0.25) is 0 Å². The molecule has 106 valence electrons. The number of rotatable bonds is 4. The molecule has 1 unspecified atom stereocenters. The highest BCUT2D eigenvalue weighted by molar-refractivity contribution is 7.86. The summed E-state index contributed by atoms with van der Waals surface area (Å²) in [7, 11) is -3.21. The number of alkyl halides is 1. The van der Waals surface area contributed by atoms with Crippen molar-refractivity contribution in [3.63, 3.8) is 0 Å². The fraction of sp³-hybridized carbons (Fsp3) is 1.00. The molecular weight excluding hydrogens is 272 g/mol. The summed E-state index contributed by atoms with van der Waals surface area (Å²) in [5.41, 5.74) is 0. The minimum atomic E-state index is -3.21. The van der Waals surface area contributed by atoms with E-state index < -0.39 is 10.2 Å². The van der Waals surface area contributed by atoms with Crippen LogP contribution in [0.15, 0.2) is 0 Å². The molecule has 2 rings (SSSR count). The highest BCUT2D eigenvalue weighted by atomic mass is 35.5. The zero-order valence-electron chi connectivity index (χ0n) is 10.9. The van der Waals surface area contributed by atoms with Gasteiger partial charge in [-0.1, -0.05) is 6.42 Å². The van der Waals surface area contributed by atoms with Gasteiger partial charge in [0.15, 0.2) is 0 Å². The van der Waals surface area contributed by atoms with E-state index in [1.165, 1.54) is 0 Å². The van der Waals surface area contributed by atoms with Gasteiger partial charge in [-0.25, -0.2) is 0 Å². The van der Waals surface area contributed by atoms with Gasteiger partial charge in [0.2, 0.25) is 0 Å². The lowest BCUT2D eigenvalue weighted by atomic mass is 9.97. The van der Waals surface area contributed by atoms with Crippen LogP contribution in [-0.4, -0.2) is 49.1 Å². The van der Waals surface area contributed by atoms with Crippen molar-refractivity contribution in [2.75, 3.05) is 32.1 Å². The van der Waals surface area contributed by atoms with Gasteiger partial charge < -0.3 is 0 Å². The molecule has 2 aliphatic rings. The Balaban J connectivity index is 1.99. The molecule has 0 aromatic rings. The van der Waals surface area contributed by atoms with Crippen molar-refractivity contribution < 1.29 is 8.42 Å². The minimum absolute atomic E-state index is 0.441. The molecular formula is C12H23ClN2O2S. The predicted molar refractivity (Wildman–Crippen MR) is 74.0 cm³/mol. The topological polar surface area (TPSA) is 40.6 Å². The third-order valence-electron chi connectivity index (χ3n) is 3.97. The molecule has 0 aliphatic carbocycles. The van der Waals surface area contributed by atoms with E-state index in [0.29, 0.717) is 38.0 Å². The Morgan fingerprint density at radius 2 is 1.67 bits per heavy atom. The number of piperidine rings is 2. The molecule has 2 heterocycles. The number of nitrogens with zero attached hydrogens (tertiary/aromatic N) is 2. The van der Waals surface area contributed by atoms with Crippen molar-refractivity contribution in [1.29, 1.82) is 0 Å². The SMILES string of the molecule is O=S(=O)(N1CCCCC1)N1CCCC(CCCl)C1. The molecule has 2 saturated heterocycles. The summed E-state index contributed by atoms with van der Waals surface area (Å²) in [4.78, 5) is 0. The second-order valence-electron chi connectivity index (χ2n) is 5.31. The van der Waals surface area contributed by atoms with E-state index in [2.05, 4.69) is 0 Å². The van der Waals surface area contributed by atoms with Gasteiger partial charge in [-0.2, -0.15) is 17.0 Å². The normalized spacial score (nSPS) is 28.4. The maximum Gasteiger partial charge on any atom is 0.281 e. The molecule has 0 amide bonds. The first-order valence-electron chi connectivity index (χ1n) is 6.96. The fourth-order valence-corrected chi connectivity index (χ4v) is 5.00. The summed E-state index contributed by atoms with van der Waals surface area (Å²) in [6.07, 6.45) is 6.15. The molecule has 0 radical (unpaired) electrons. The first-order chi connectivity index (χ1) is 8.64. The van der Waals surface area contributed by atoms with Crippen LogP contribution >= 0.6 is 11.6 Å². The molecule has 0 N–H and O–H groups in total. The van der Waals surface area contributed by atoms with Gasteiger partial charge in [0.05, 0.1) is 0 Å². The van der Waals surface area contributed by atoms with E-state index in [0.717, 1.165) is 38.5 Å². The zero-order chi connectivity index (χ0) is 13.0. The molecule has 0 aromatic heterocycles. The monoisotopic (exact) mass is 294 g/mol. The molecule has 0 saturated carbocycles. The smallest absolute Gasteiger partial charge is 0.195 e. The van der Waals surface area contributed by atoms with E-state index in [1.807, 2.05) is 0 Å². The van der Waals surface area contributed by atoms with Crippen molar-refractivity contribution in [3.8, 4) is 0 Å². The molecule has 1 atom stereocenters. The van der Waals surface area contributed by atoms with Gasteiger partial charge in [-0.3, -0.25) is 0 Å². The van der Waals surface area contributed by atoms with E-state index in [9.17, 15) is 8.42 Å².